The fourth-order valence-electron chi connectivity index (χ4n) is 6.62. The number of rotatable bonds is 8. The maximum atomic E-state index is 12.7. The lowest BCUT2D eigenvalue weighted by molar-refractivity contribution is 0.0971. The van der Waals surface area contributed by atoms with Gasteiger partial charge in [0.15, 0.2) is 16.7 Å². The molecule has 0 amide bonds. The number of thiazole rings is 2. The Morgan fingerprint density at radius 3 is 1.73 bits per heavy atom. The number of nitrogen functional groups attached to an aromatic ring is 1. The molecule has 0 bridgehead atoms. The lowest BCUT2D eigenvalue weighted by Gasteiger charge is -2.04. The van der Waals surface area contributed by atoms with Crippen LogP contribution in [-0.2, 0) is 32.4 Å². The second-order valence-corrected chi connectivity index (χ2v) is 15.5. The predicted octanol–water partition coefficient (Wildman–Crippen LogP) is 6.66. The summed E-state index contributed by atoms with van der Waals surface area (Å²) >= 11 is 3.09. The molecule has 0 atom stereocenters. The molecule has 0 saturated heterocycles. The largest absolute Gasteiger partial charge is 0.497 e. The number of fused-ring (bicyclic) bond motifs is 6. The first-order valence-electron chi connectivity index (χ1n) is 17.7. The van der Waals surface area contributed by atoms with Crippen LogP contribution >= 0.6 is 22.7 Å². The second-order valence-electron chi connectivity index (χ2n) is 13.2. The van der Waals surface area contributed by atoms with Gasteiger partial charge >= 0.3 is 0 Å². The Balaban J connectivity index is 0.000000160. The fourth-order valence-corrected chi connectivity index (χ4v) is 8.54. The second kappa shape index (κ2) is 15.4. The van der Waals surface area contributed by atoms with Gasteiger partial charge in [0.25, 0.3) is 0 Å². The van der Waals surface area contributed by atoms with E-state index >= 15 is 0 Å². The number of benzene rings is 2. The SMILES string of the molecule is COc1ccc(Cn2cc3c(n2)C(=O)CCc2sc(Cc4nccc(C)n4)nc2-3)cc1.COc1ccc(Cn2cc3c(n2)C(=O)CCc2sc(N)nc2-3)cc1. The van der Waals surface area contributed by atoms with E-state index in [2.05, 4.69) is 25.1 Å². The molecule has 278 valence electrons. The first kappa shape index (κ1) is 35.9. The number of aromatic nitrogens is 8. The van der Waals surface area contributed by atoms with Crippen LogP contribution in [-0.4, -0.2) is 65.3 Å². The minimum Gasteiger partial charge on any atom is -0.497 e. The number of anilines is 1. The van der Waals surface area contributed by atoms with Crippen LogP contribution in [0.1, 0.15) is 71.2 Å². The van der Waals surface area contributed by atoms with E-state index in [9.17, 15) is 9.59 Å². The smallest absolute Gasteiger partial charge is 0.184 e. The minimum atomic E-state index is 0.0576. The topological polar surface area (TPSA) is 166 Å². The van der Waals surface area contributed by atoms with Crippen molar-refractivity contribution in [2.45, 2.75) is 52.1 Å². The molecule has 5 heterocycles. The summed E-state index contributed by atoms with van der Waals surface area (Å²) in [4.78, 5) is 45.4. The van der Waals surface area contributed by atoms with Crippen LogP contribution in [0.4, 0.5) is 5.13 Å². The normalized spacial score (nSPS) is 13.1. The summed E-state index contributed by atoms with van der Waals surface area (Å²) in [6, 6.07) is 17.5. The molecule has 0 unspecified atom stereocenters. The quantitative estimate of drug-likeness (QED) is 0.176. The van der Waals surface area contributed by atoms with Gasteiger partial charge in [0.1, 0.15) is 33.7 Å². The maximum absolute atomic E-state index is 12.7. The first-order valence-corrected chi connectivity index (χ1v) is 19.4. The molecule has 9 rings (SSSR count). The standard InChI is InChI=1S/C23H21N5O2S.C17H16N4O2S/c1-14-9-10-24-20(25-14)11-21-26-23-17-13-28(12-15-3-5-16(30-2)6-4-15)27-22(17)18(29)7-8-19(23)31-21;1-23-11-4-2-10(3-5-11)8-21-9-12-15(20-21)13(22)6-7-14-16(12)19-17(18)24-14/h3-6,9-10,13H,7-8,11-12H2,1-2H3;2-5,9H,6-8H2,1H3,(H2,18,19). The summed E-state index contributed by atoms with van der Waals surface area (Å²) in [5, 5.41) is 10.6. The van der Waals surface area contributed by atoms with Crippen LogP contribution in [0.15, 0.2) is 73.2 Å². The average Bonchev–Trinajstić information content (AvgIpc) is 3.96. The van der Waals surface area contributed by atoms with Crippen molar-refractivity contribution in [3.63, 3.8) is 0 Å². The highest BCUT2D eigenvalue weighted by molar-refractivity contribution is 7.15. The van der Waals surface area contributed by atoms with Gasteiger partial charge in [-0.15, -0.1) is 22.7 Å². The van der Waals surface area contributed by atoms with Crippen molar-refractivity contribution >= 4 is 39.4 Å². The molecule has 13 nitrogen and oxygen atoms in total. The third-order valence-electron chi connectivity index (χ3n) is 9.34. The zero-order chi connectivity index (χ0) is 38.1. The molecule has 5 aromatic heterocycles. The van der Waals surface area contributed by atoms with Crippen molar-refractivity contribution < 1.29 is 19.1 Å². The Labute approximate surface area is 324 Å². The van der Waals surface area contributed by atoms with E-state index in [1.807, 2.05) is 78.6 Å². The number of nitrogens with zero attached hydrogens (tertiary/aromatic N) is 8. The lowest BCUT2D eigenvalue weighted by Crippen LogP contribution is -2.05. The van der Waals surface area contributed by atoms with Gasteiger partial charge in [-0.05, 0) is 61.2 Å². The Morgan fingerprint density at radius 2 is 1.20 bits per heavy atom. The van der Waals surface area contributed by atoms with Crippen LogP contribution in [0.5, 0.6) is 11.5 Å². The number of Topliss-reactive ketones (excluding diaryl/α,β-unsaturated/α-hetero) is 2. The number of carbonyl (C=O) groups is 2. The molecule has 2 aliphatic carbocycles. The van der Waals surface area contributed by atoms with Crippen molar-refractivity contribution in [1.29, 1.82) is 0 Å². The molecular formula is C40H37N9O4S2. The minimum absolute atomic E-state index is 0.0576. The van der Waals surface area contributed by atoms with Crippen molar-refractivity contribution in [1.82, 2.24) is 39.5 Å². The summed E-state index contributed by atoms with van der Waals surface area (Å²) in [7, 11) is 3.29. The van der Waals surface area contributed by atoms with E-state index in [0.29, 0.717) is 61.7 Å². The number of hydrogen-bond acceptors (Lipinski definition) is 13. The van der Waals surface area contributed by atoms with Gasteiger partial charge in [-0.2, -0.15) is 10.2 Å². The molecule has 0 spiro atoms. The summed E-state index contributed by atoms with van der Waals surface area (Å²) in [5.74, 6) is 2.51. The van der Waals surface area contributed by atoms with Crippen LogP contribution < -0.4 is 15.2 Å². The zero-order valence-corrected chi connectivity index (χ0v) is 32.1. The number of hydrogen-bond donors (Lipinski definition) is 1. The van der Waals surface area contributed by atoms with E-state index in [1.54, 1.807) is 36.4 Å². The van der Waals surface area contributed by atoms with E-state index in [4.69, 9.17) is 20.2 Å². The van der Waals surface area contributed by atoms with Crippen LogP contribution in [0.2, 0.25) is 0 Å². The Kier molecular flexibility index (Phi) is 10.0. The molecule has 2 N–H and O–H groups in total. The fraction of sp³-hybridized carbons (Fsp3) is 0.250. The average molecular weight is 772 g/mol. The lowest BCUT2D eigenvalue weighted by atomic mass is 10.1. The van der Waals surface area contributed by atoms with E-state index < -0.39 is 0 Å². The van der Waals surface area contributed by atoms with Gasteiger partial charge in [0.05, 0.1) is 56.2 Å². The third-order valence-corrected chi connectivity index (χ3v) is 11.4. The van der Waals surface area contributed by atoms with Crippen molar-refractivity contribution in [3.05, 3.63) is 122 Å². The molecule has 0 saturated carbocycles. The Bertz CT molecular complexity index is 2520. The highest BCUT2D eigenvalue weighted by atomic mass is 32.1. The Morgan fingerprint density at radius 1 is 0.673 bits per heavy atom. The van der Waals surface area contributed by atoms with E-state index in [1.165, 1.54) is 11.3 Å². The molecule has 2 aliphatic rings. The molecule has 55 heavy (non-hydrogen) atoms. The molecule has 7 aromatic rings. The van der Waals surface area contributed by atoms with Gasteiger partial charge in [0, 0.05) is 46.9 Å². The number of aryl methyl sites for hydroxylation is 3. The van der Waals surface area contributed by atoms with Crippen LogP contribution in [0.25, 0.3) is 22.5 Å². The van der Waals surface area contributed by atoms with E-state index in [0.717, 1.165) is 71.4 Å². The van der Waals surface area contributed by atoms with Crippen molar-refractivity contribution in [3.8, 4) is 34.0 Å². The maximum Gasteiger partial charge on any atom is 0.184 e. The predicted molar refractivity (Wildman–Crippen MR) is 210 cm³/mol. The summed E-state index contributed by atoms with van der Waals surface area (Å²) in [5.41, 5.74) is 13.2. The number of nitrogens with two attached hydrogens (primary N) is 1. The Hall–Kier alpha value is -6.06. The van der Waals surface area contributed by atoms with Gasteiger partial charge in [-0.1, -0.05) is 24.3 Å². The number of methoxy groups -OCH3 is 2. The molecule has 0 radical (unpaired) electrons. The number of carbonyl (C=O) groups excluding carboxylic acids is 2. The molecule has 2 aromatic carbocycles. The summed E-state index contributed by atoms with van der Waals surface area (Å²) < 4.78 is 14.0. The molecular weight excluding hydrogens is 735 g/mol. The van der Waals surface area contributed by atoms with Crippen LogP contribution in [0.3, 0.4) is 0 Å². The third kappa shape index (κ3) is 7.79. The van der Waals surface area contributed by atoms with Gasteiger partial charge in [-0.25, -0.2) is 19.9 Å². The molecule has 0 fully saturated rings. The number of ether oxygens (including phenoxy) is 2. The highest BCUT2D eigenvalue weighted by Crippen LogP contribution is 2.37. The summed E-state index contributed by atoms with van der Waals surface area (Å²) in [6.07, 6.45) is 8.45. The van der Waals surface area contributed by atoms with Gasteiger partial charge < -0.3 is 15.2 Å². The first-order chi connectivity index (χ1) is 26.7. The monoisotopic (exact) mass is 771 g/mol. The summed E-state index contributed by atoms with van der Waals surface area (Å²) in [6.45, 7) is 3.12. The van der Waals surface area contributed by atoms with Crippen molar-refractivity contribution in [2.24, 2.45) is 0 Å². The highest BCUT2D eigenvalue weighted by Gasteiger charge is 2.28. The van der Waals surface area contributed by atoms with Gasteiger partial charge in [-0.3, -0.25) is 19.0 Å². The van der Waals surface area contributed by atoms with Crippen LogP contribution in [0, 0.1) is 6.92 Å². The number of ketones is 2. The molecule has 15 heteroatoms. The zero-order valence-electron chi connectivity index (χ0n) is 30.5. The molecule has 0 aliphatic heterocycles. The van der Waals surface area contributed by atoms with Gasteiger partial charge in [0.2, 0.25) is 0 Å². The van der Waals surface area contributed by atoms with Crippen molar-refractivity contribution in [2.75, 3.05) is 20.0 Å². The van der Waals surface area contributed by atoms with E-state index in [-0.39, 0.29) is 11.6 Å².